The molecule has 37 heavy (non-hydrogen) atoms. The molecule has 1 aliphatic rings. The highest BCUT2D eigenvalue weighted by molar-refractivity contribution is 7.80. The lowest BCUT2D eigenvalue weighted by Gasteiger charge is -2.28. The van der Waals surface area contributed by atoms with Gasteiger partial charge in [-0.25, -0.2) is 0 Å². The number of anilines is 1. The Morgan fingerprint density at radius 1 is 1.00 bits per heavy atom. The largest absolute Gasteiger partial charge is 0.491 e. The van der Waals surface area contributed by atoms with Gasteiger partial charge >= 0.3 is 0 Å². The predicted molar refractivity (Wildman–Crippen MR) is 155 cm³/mol. The molecular formula is C29H28Cl2N4OS. The van der Waals surface area contributed by atoms with Crippen molar-refractivity contribution in [3.05, 3.63) is 106 Å². The first-order valence-corrected chi connectivity index (χ1v) is 13.3. The number of rotatable bonds is 6. The molecule has 1 saturated heterocycles. The lowest BCUT2D eigenvalue weighted by Crippen LogP contribution is -2.29. The van der Waals surface area contributed by atoms with Crippen molar-refractivity contribution in [3.63, 3.8) is 0 Å². The SMILES string of the molecule is Cc1cc([C@@H]2[C@@H](c3ccccn3)NC(=S)N2c2ccc(OC(C)C)cc2)c(C)n1-c1cccc(Cl)c1Cl. The number of halogens is 2. The molecule has 1 fully saturated rings. The van der Waals surface area contributed by atoms with E-state index in [0.29, 0.717) is 15.2 Å². The van der Waals surface area contributed by atoms with Crippen molar-refractivity contribution >= 4 is 46.2 Å². The summed E-state index contributed by atoms with van der Waals surface area (Å²) in [6.45, 7) is 8.21. The first-order chi connectivity index (χ1) is 17.8. The highest BCUT2D eigenvalue weighted by atomic mass is 35.5. The number of aryl methyl sites for hydroxylation is 1. The molecule has 1 N–H and O–H groups in total. The second-order valence-corrected chi connectivity index (χ2v) is 10.6. The van der Waals surface area contributed by atoms with Gasteiger partial charge in [-0.15, -0.1) is 0 Å². The third-order valence-corrected chi connectivity index (χ3v) is 7.67. The van der Waals surface area contributed by atoms with E-state index in [2.05, 4.69) is 39.7 Å². The molecule has 3 heterocycles. The van der Waals surface area contributed by atoms with Crippen LogP contribution in [-0.4, -0.2) is 20.8 Å². The smallest absolute Gasteiger partial charge is 0.174 e. The summed E-state index contributed by atoms with van der Waals surface area (Å²) in [6, 6.07) is 21.6. The van der Waals surface area contributed by atoms with Crippen molar-refractivity contribution in [2.45, 2.75) is 45.9 Å². The van der Waals surface area contributed by atoms with E-state index in [-0.39, 0.29) is 18.2 Å². The number of ether oxygens (including phenoxy) is 1. The van der Waals surface area contributed by atoms with Crippen molar-refractivity contribution in [2.24, 2.45) is 0 Å². The van der Waals surface area contributed by atoms with E-state index in [1.165, 1.54) is 0 Å². The molecule has 2 atom stereocenters. The number of aromatic nitrogens is 2. The molecular weight excluding hydrogens is 523 g/mol. The maximum Gasteiger partial charge on any atom is 0.174 e. The van der Waals surface area contributed by atoms with Gasteiger partial charge < -0.3 is 19.5 Å². The van der Waals surface area contributed by atoms with Gasteiger partial charge in [0.25, 0.3) is 0 Å². The standard InChI is InChI=1S/C29H28Cl2N4OS/c1-17(2)36-21-13-11-20(12-14-21)35-28(27(33-29(35)37)24-9-5-6-15-32-24)22-16-18(3)34(19(22)4)25-10-7-8-23(30)26(25)31/h5-17,27-28H,1-4H3,(H,33,37)/t27-,28-/m1/s1. The molecule has 2 aromatic carbocycles. The lowest BCUT2D eigenvalue weighted by atomic mass is 9.96. The summed E-state index contributed by atoms with van der Waals surface area (Å²) in [6.07, 6.45) is 1.91. The van der Waals surface area contributed by atoms with E-state index < -0.39 is 0 Å². The number of pyridine rings is 1. The summed E-state index contributed by atoms with van der Waals surface area (Å²) < 4.78 is 8.02. The van der Waals surface area contributed by atoms with Gasteiger partial charge in [0, 0.05) is 23.3 Å². The van der Waals surface area contributed by atoms with Crippen molar-refractivity contribution in [3.8, 4) is 11.4 Å². The van der Waals surface area contributed by atoms with Gasteiger partial charge in [0.2, 0.25) is 0 Å². The minimum Gasteiger partial charge on any atom is -0.491 e. The Morgan fingerprint density at radius 3 is 2.43 bits per heavy atom. The highest BCUT2D eigenvalue weighted by Crippen LogP contribution is 2.44. The molecule has 5 nitrogen and oxygen atoms in total. The van der Waals surface area contributed by atoms with Crippen LogP contribution < -0.4 is 15.0 Å². The Kier molecular flexibility index (Phi) is 7.17. The van der Waals surface area contributed by atoms with Crippen LogP contribution >= 0.6 is 35.4 Å². The van der Waals surface area contributed by atoms with Crippen molar-refractivity contribution in [1.29, 1.82) is 0 Å². The van der Waals surface area contributed by atoms with Crippen LogP contribution in [0, 0.1) is 13.8 Å². The van der Waals surface area contributed by atoms with E-state index in [4.69, 9.17) is 40.2 Å². The van der Waals surface area contributed by atoms with Crippen LogP contribution in [0.15, 0.2) is 72.9 Å². The normalized spacial score (nSPS) is 17.4. The van der Waals surface area contributed by atoms with Gasteiger partial charge in [0.15, 0.2) is 5.11 Å². The summed E-state index contributed by atoms with van der Waals surface area (Å²) in [7, 11) is 0. The minimum atomic E-state index is -0.149. The number of thiocarbonyl (C=S) groups is 1. The molecule has 0 radical (unpaired) electrons. The van der Waals surface area contributed by atoms with Crippen molar-refractivity contribution in [2.75, 3.05) is 4.90 Å². The van der Waals surface area contributed by atoms with E-state index in [1.807, 2.05) is 74.6 Å². The third-order valence-electron chi connectivity index (χ3n) is 6.55. The van der Waals surface area contributed by atoms with Crippen molar-refractivity contribution < 1.29 is 4.74 Å². The van der Waals surface area contributed by atoms with E-state index >= 15 is 0 Å². The zero-order chi connectivity index (χ0) is 26.3. The van der Waals surface area contributed by atoms with Gasteiger partial charge in [-0.05, 0) is 100 Å². The van der Waals surface area contributed by atoms with Gasteiger partial charge in [-0.2, -0.15) is 0 Å². The monoisotopic (exact) mass is 550 g/mol. The molecule has 4 aromatic rings. The van der Waals surface area contributed by atoms with Crippen LogP contribution in [0.25, 0.3) is 5.69 Å². The maximum atomic E-state index is 6.65. The fraction of sp³-hybridized carbons (Fsp3) is 0.241. The molecule has 5 rings (SSSR count). The molecule has 190 valence electrons. The van der Waals surface area contributed by atoms with Gasteiger partial charge in [0.1, 0.15) is 5.75 Å². The first-order valence-electron chi connectivity index (χ1n) is 12.2. The van der Waals surface area contributed by atoms with Gasteiger partial charge in [0.05, 0.1) is 39.6 Å². The average molecular weight is 552 g/mol. The number of nitrogens with one attached hydrogen (secondary N) is 1. The predicted octanol–water partition coefficient (Wildman–Crippen LogP) is 7.76. The van der Waals surface area contributed by atoms with Crippen LogP contribution in [0.4, 0.5) is 5.69 Å². The summed E-state index contributed by atoms with van der Waals surface area (Å²) in [4.78, 5) is 6.84. The number of benzene rings is 2. The zero-order valence-corrected chi connectivity index (χ0v) is 23.4. The van der Waals surface area contributed by atoms with Crippen LogP contribution in [0.1, 0.15) is 48.6 Å². The second-order valence-electron chi connectivity index (χ2n) is 9.39. The van der Waals surface area contributed by atoms with Crippen LogP contribution in [0.2, 0.25) is 10.0 Å². The Hall–Kier alpha value is -3.06. The maximum absolute atomic E-state index is 6.65. The van der Waals surface area contributed by atoms with Crippen LogP contribution in [0.3, 0.4) is 0 Å². The molecule has 2 aromatic heterocycles. The molecule has 0 aliphatic carbocycles. The summed E-state index contributed by atoms with van der Waals surface area (Å²) in [5, 5.41) is 5.23. The summed E-state index contributed by atoms with van der Waals surface area (Å²) >= 11 is 18.9. The van der Waals surface area contributed by atoms with Crippen molar-refractivity contribution in [1.82, 2.24) is 14.9 Å². The topological polar surface area (TPSA) is 42.3 Å². The van der Waals surface area contributed by atoms with Crippen LogP contribution in [0.5, 0.6) is 5.75 Å². The number of hydrogen-bond acceptors (Lipinski definition) is 3. The highest BCUT2D eigenvalue weighted by Gasteiger charge is 2.42. The summed E-state index contributed by atoms with van der Waals surface area (Å²) in [5.74, 6) is 0.823. The van der Waals surface area contributed by atoms with E-state index in [9.17, 15) is 0 Å². The fourth-order valence-electron chi connectivity index (χ4n) is 5.03. The zero-order valence-electron chi connectivity index (χ0n) is 21.1. The molecule has 0 bridgehead atoms. The number of hydrogen-bond donors (Lipinski definition) is 1. The fourth-order valence-corrected chi connectivity index (χ4v) is 5.76. The van der Waals surface area contributed by atoms with Gasteiger partial charge in [-0.3, -0.25) is 4.98 Å². The first kappa shape index (κ1) is 25.6. The molecule has 0 spiro atoms. The Labute approximate surface area is 233 Å². The van der Waals surface area contributed by atoms with Gasteiger partial charge in [-0.1, -0.05) is 35.3 Å². The Morgan fingerprint density at radius 2 is 1.76 bits per heavy atom. The molecule has 0 amide bonds. The molecule has 0 unspecified atom stereocenters. The Balaban J connectivity index is 1.64. The molecule has 8 heteroatoms. The van der Waals surface area contributed by atoms with E-state index in [1.54, 1.807) is 6.07 Å². The lowest BCUT2D eigenvalue weighted by molar-refractivity contribution is 0.242. The third kappa shape index (κ3) is 4.81. The summed E-state index contributed by atoms with van der Waals surface area (Å²) in [5.41, 5.74) is 5.98. The second kappa shape index (κ2) is 10.4. The quantitative estimate of drug-likeness (QED) is 0.248. The Bertz CT molecular complexity index is 1440. The van der Waals surface area contributed by atoms with E-state index in [0.717, 1.165) is 39.8 Å². The minimum absolute atomic E-state index is 0.102. The van der Waals surface area contributed by atoms with Crippen LogP contribution in [-0.2, 0) is 0 Å². The average Bonchev–Trinajstić information content (AvgIpc) is 3.37. The molecule has 0 saturated carbocycles. The molecule has 1 aliphatic heterocycles. The number of nitrogens with zero attached hydrogens (tertiary/aromatic N) is 3.